The van der Waals surface area contributed by atoms with E-state index in [4.69, 9.17) is 0 Å². The number of benzene rings is 1. The minimum atomic E-state index is -0.822. The van der Waals surface area contributed by atoms with Crippen molar-refractivity contribution in [1.82, 2.24) is 4.98 Å². The summed E-state index contributed by atoms with van der Waals surface area (Å²) in [6.07, 6.45) is 3.97. The molecule has 1 N–H and O–H groups in total. The van der Waals surface area contributed by atoms with Gasteiger partial charge in [-0.1, -0.05) is 43.3 Å². The standard InChI is InChI=1S/C16H19NO/c1-2-16(18,15-10-6-7-13-17-15)12-11-14-8-4-3-5-9-14/h3-10,13,18H,2,11-12H2,1H3/t16-/m0/s1. The predicted molar refractivity (Wildman–Crippen MR) is 73.2 cm³/mol. The van der Waals surface area contributed by atoms with Gasteiger partial charge in [0.1, 0.15) is 5.60 Å². The van der Waals surface area contributed by atoms with Crippen LogP contribution in [-0.2, 0) is 12.0 Å². The Hall–Kier alpha value is -1.67. The van der Waals surface area contributed by atoms with Crippen LogP contribution in [0.15, 0.2) is 54.7 Å². The van der Waals surface area contributed by atoms with Crippen molar-refractivity contribution in [3.63, 3.8) is 0 Å². The maximum Gasteiger partial charge on any atom is 0.107 e. The van der Waals surface area contributed by atoms with E-state index in [1.54, 1.807) is 6.20 Å². The summed E-state index contributed by atoms with van der Waals surface area (Å²) in [6.45, 7) is 2.00. The van der Waals surface area contributed by atoms with Gasteiger partial charge in [-0.2, -0.15) is 0 Å². The molecule has 2 nitrogen and oxygen atoms in total. The van der Waals surface area contributed by atoms with Gasteiger partial charge in [0, 0.05) is 6.20 Å². The molecule has 0 aliphatic rings. The summed E-state index contributed by atoms with van der Waals surface area (Å²) < 4.78 is 0. The van der Waals surface area contributed by atoms with Crippen LogP contribution in [0.5, 0.6) is 0 Å². The van der Waals surface area contributed by atoms with E-state index in [1.165, 1.54) is 5.56 Å². The first-order chi connectivity index (χ1) is 8.74. The number of aliphatic hydroxyl groups is 1. The minimum absolute atomic E-state index is 0.677. The van der Waals surface area contributed by atoms with Gasteiger partial charge < -0.3 is 5.11 Å². The Balaban J connectivity index is 2.10. The van der Waals surface area contributed by atoms with Crippen LogP contribution >= 0.6 is 0 Å². The predicted octanol–water partition coefficient (Wildman–Crippen LogP) is 3.31. The summed E-state index contributed by atoms with van der Waals surface area (Å²) in [4.78, 5) is 4.28. The molecule has 94 valence electrons. The molecule has 1 heterocycles. The molecule has 0 aliphatic carbocycles. The van der Waals surface area contributed by atoms with E-state index in [0.29, 0.717) is 12.8 Å². The zero-order chi connectivity index (χ0) is 12.8. The largest absolute Gasteiger partial charge is 0.384 e. The van der Waals surface area contributed by atoms with Crippen molar-refractivity contribution in [2.75, 3.05) is 0 Å². The van der Waals surface area contributed by atoms with Crippen LogP contribution in [0.3, 0.4) is 0 Å². The Bertz CT molecular complexity index is 469. The van der Waals surface area contributed by atoms with Crippen molar-refractivity contribution in [2.45, 2.75) is 31.8 Å². The lowest BCUT2D eigenvalue weighted by Crippen LogP contribution is -2.26. The summed E-state index contributed by atoms with van der Waals surface area (Å²) in [5, 5.41) is 10.7. The van der Waals surface area contributed by atoms with Crippen molar-refractivity contribution in [1.29, 1.82) is 0 Å². The molecule has 0 spiro atoms. The summed E-state index contributed by atoms with van der Waals surface area (Å²) in [5.74, 6) is 0. The summed E-state index contributed by atoms with van der Waals surface area (Å²) in [5.41, 5.74) is 1.20. The first kappa shape index (κ1) is 12.8. The van der Waals surface area contributed by atoms with Gasteiger partial charge in [0.05, 0.1) is 5.69 Å². The molecule has 18 heavy (non-hydrogen) atoms. The minimum Gasteiger partial charge on any atom is -0.384 e. The second kappa shape index (κ2) is 5.78. The van der Waals surface area contributed by atoms with E-state index < -0.39 is 5.60 Å². The van der Waals surface area contributed by atoms with Crippen LogP contribution in [0.4, 0.5) is 0 Å². The lowest BCUT2D eigenvalue weighted by molar-refractivity contribution is 0.0193. The van der Waals surface area contributed by atoms with E-state index in [-0.39, 0.29) is 0 Å². The van der Waals surface area contributed by atoms with Gasteiger partial charge in [-0.05, 0) is 37.0 Å². The molecule has 2 heteroatoms. The normalized spacial score (nSPS) is 14.1. The maximum absolute atomic E-state index is 10.7. The first-order valence-electron chi connectivity index (χ1n) is 6.42. The summed E-state index contributed by atoms with van der Waals surface area (Å²) >= 11 is 0. The molecule has 0 saturated heterocycles. The highest BCUT2D eigenvalue weighted by Crippen LogP contribution is 2.28. The van der Waals surface area contributed by atoms with Crippen molar-refractivity contribution < 1.29 is 5.11 Å². The number of aromatic nitrogens is 1. The average molecular weight is 241 g/mol. The molecule has 2 aromatic rings. The monoisotopic (exact) mass is 241 g/mol. The van der Waals surface area contributed by atoms with Gasteiger partial charge >= 0.3 is 0 Å². The van der Waals surface area contributed by atoms with E-state index in [0.717, 1.165) is 12.1 Å². The highest BCUT2D eigenvalue weighted by molar-refractivity contribution is 5.17. The molecular formula is C16H19NO. The number of pyridine rings is 1. The Morgan fingerprint density at radius 3 is 2.39 bits per heavy atom. The second-order valence-corrected chi connectivity index (χ2v) is 4.59. The van der Waals surface area contributed by atoms with Gasteiger partial charge in [-0.3, -0.25) is 4.98 Å². The Morgan fingerprint density at radius 2 is 1.78 bits per heavy atom. The maximum atomic E-state index is 10.7. The first-order valence-corrected chi connectivity index (χ1v) is 6.42. The lowest BCUT2D eigenvalue weighted by atomic mass is 9.89. The van der Waals surface area contributed by atoms with E-state index in [2.05, 4.69) is 17.1 Å². The fraction of sp³-hybridized carbons (Fsp3) is 0.312. The van der Waals surface area contributed by atoms with Crippen molar-refractivity contribution in [2.24, 2.45) is 0 Å². The zero-order valence-corrected chi connectivity index (χ0v) is 10.7. The van der Waals surface area contributed by atoms with Crippen molar-refractivity contribution >= 4 is 0 Å². The number of hydrogen-bond donors (Lipinski definition) is 1. The Labute approximate surface area is 108 Å². The molecule has 0 saturated carbocycles. The van der Waals surface area contributed by atoms with Gasteiger partial charge in [0.15, 0.2) is 0 Å². The fourth-order valence-electron chi connectivity index (χ4n) is 2.12. The zero-order valence-electron chi connectivity index (χ0n) is 10.7. The van der Waals surface area contributed by atoms with Gasteiger partial charge in [0.25, 0.3) is 0 Å². The SMILES string of the molecule is CC[C@](O)(CCc1ccccc1)c1ccccn1. The second-order valence-electron chi connectivity index (χ2n) is 4.59. The van der Waals surface area contributed by atoms with Crippen molar-refractivity contribution in [3.05, 3.63) is 66.0 Å². The van der Waals surface area contributed by atoms with E-state index in [1.807, 2.05) is 43.3 Å². The molecule has 0 radical (unpaired) electrons. The van der Waals surface area contributed by atoms with Crippen LogP contribution in [0.25, 0.3) is 0 Å². The molecule has 1 aromatic carbocycles. The quantitative estimate of drug-likeness (QED) is 0.871. The van der Waals surface area contributed by atoms with E-state index >= 15 is 0 Å². The number of hydrogen-bond acceptors (Lipinski definition) is 2. The molecule has 0 fully saturated rings. The van der Waals surface area contributed by atoms with Crippen molar-refractivity contribution in [3.8, 4) is 0 Å². The van der Waals surface area contributed by atoms with Gasteiger partial charge in [-0.15, -0.1) is 0 Å². The average Bonchev–Trinajstić information content (AvgIpc) is 2.47. The Morgan fingerprint density at radius 1 is 1.06 bits per heavy atom. The third kappa shape index (κ3) is 2.96. The summed E-state index contributed by atoms with van der Waals surface area (Å²) in [7, 11) is 0. The van der Waals surface area contributed by atoms with E-state index in [9.17, 15) is 5.11 Å². The molecule has 0 amide bonds. The highest BCUT2D eigenvalue weighted by Gasteiger charge is 2.27. The topological polar surface area (TPSA) is 33.1 Å². The van der Waals surface area contributed by atoms with Crippen LogP contribution in [0.1, 0.15) is 31.0 Å². The van der Waals surface area contributed by atoms with Crippen LogP contribution in [0, 0.1) is 0 Å². The molecule has 0 aliphatic heterocycles. The van der Waals surface area contributed by atoms with Gasteiger partial charge in [0.2, 0.25) is 0 Å². The van der Waals surface area contributed by atoms with Crippen LogP contribution in [0.2, 0.25) is 0 Å². The molecular weight excluding hydrogens is 222 g/mol. The lowest BCUT2D eigenvalue weighted by Gasteiger charge is -2.26. The third-order valence-corrected chi connectivity index (χ3v) is 3.40. The molecule has 0 unspecified atom stereocenters. The number of nitrogens with zero attached hydrogens (tertiary/aromatic N) is 1. The van der Waals surface area contributed by atoms with Gasteiger partial charge in [-0.25, -0.2) is 0 Å². The Kier molecular flexibility index (Phi) is 4.11. The molecule has 1 aromatic heterocycles. The van der Waals surface area contributed by atoms with Crippen LogP contribution < -0.4 is 0 Å². The number of aryl methyl sites for hydroxylation is 1. The highest BCUT2D eigenvalue weighted by atomic mass is 16.3. The molecule has 2 rings (SSSR count). The van der Waals surface area contributed by atoms with Crippen LogP contribution in [-0.4, -0.2) is 10.1 Å². The smallest absolute Gasteiger partial charge is 0.107 e. The fourth-order valence-corrected chi connectivity index (χ4v) is 2.12. The third-order valence-electron chi connectivity index (χ3n) is 3.40. The number of rotatable bonds is 5. The molecule has 0 bridgehead atoms. The summed E-state index contributed by atoms with van der Waals surface area (Å²) in [6, 6.07) is 15.9. The molecule has 1 atom stereocenters.